The Hall–Kier alpha value is -4.04. The molecule has 2 aromatic carbocycles. The zero-order chi connectivity index (χ0) is 27.5. The summed E-state index contributed by atoms with van der Waals surface area (Å²) in [6.07, 6.45) is -4.19. The highest BCUT2D eigenvalue weighted by Crippen LogP contribution is 2.34. The number of aromatic nitrogens is 1. The molecule has 0 saturated heterocycles. The Morgan fingerprint density at radius 2 is 1.76 bits per heavy atom. The standard InChI is InChI=1S/C23H17ClF3N3O7S/c24-16-9-13(23(25,26)27)11-28-21(16)29-20(31)12-37-22(32)15-3-1-2-4-17(15)30-38(33,34)14-5-6-18-19(10-14)36-8-7-35-18/h1-6,9-11,30H,7-8,12H2,(H,28,29,31). The summed E-state index contributed by atoms with van der Waals surface area (Å²) < 4.78 is 82.1. The number of alkyl halides is 3. The van der Waals surface area contributed by atoms with E-state index >= 15 is 0 Å². The van der Waals surface area contributed by atoms with Crippen molar-refractivity contribution in [3.05, 3.63) is 70.9 Å². The first-order valence-electron chi connectivity index (χ1n) is 10.7. The molecule has 1 amide bonds. The summed E-state index contributed by atoms with van der Waals surface area (Å²) in [6, 6.07) is 10.1. The maximum atomic E-state index is 12.9. The van der Waals surface area contributed by atoms with Gasteiger partial charge in [0.15, 0.2) is 23.9 Å². The lowest BCUT2D eigenvalue weighted by atomic mass is 10.2. The van der Waals surface area contributed by atoms with Crippen molar-refractivity contribution < 1.29 is 45.4 Å². The van der Waals surface area contributed by atoms with Crippen LogP contribution in [0.1, 0.15) is 15.9 Å². The van der Waals surface area contributed by atoms with E-state index in [-0.39, 0.29) is 34.3 Å². The number of carbonyl (C=O) groups is 2. The van der Waals surface area contributed by atoms with Crippen LogP contribution in [0.15, 0.2) is 59.6 Å². The first kappa shape index (κ1) is 27.0. The van der Waals surface area contributed by atoms with Crippen LogP contribution in [0.2, 0.25) is 5.02 Å². The molecule has 2 N–H and O–H groups in total. The number of para-hydroxylation sites is 1. The number of nitrogens with zero attached hydrogens (tertiary/aromatic N) is 1. The van der Waals surface area contributed by atoms with Gasteiger partial charge in [-0.1, -0.05) is 23.7 Å². The molecule has 4 rings (SSSR count). The quantitative estimate of drug-likeness (QED) is 0.405. The zero-order valence-corrected chi connectivity index (χ0v) is 20.6. The van der Waals surface area contributed by atoms with E-state index in [1.807, 2.05) is 0 Å². The summed E-state index contributed by atoms with van der Waals surface area (Å²) in [5.74, 6) is -1.71. The van der Waals surface area contributed by atoms with E-state index in [1.54, 1.807) is 0 Å². The lowest BCUT2D eigenvalue weighted by Crippen LogP contribution is -2.23. The van der Waals surface area contributed by atoms with Gasteiger partial charge in [-0.05, 0) is 30.3 Å². The van der Waals surface area contributed by atoms with Crippen molar-refractivity contribution in [2.75, 3.05) is 29.9 Å². The SMILES string of the molecule is O=C(COC(=O)c1ccccc1NS(=O)(=O)c1ccc2c(c1)OCCO2)Nc1ncc(C(F)(F)F)cc1Cl. The minimum absolute atomic E-state index is 0.125. The number of fused-ring (bicyclic) bond motifs is 1. The number of amides is 1. The molecule has 2 heterocycles. The van der Waals surface area contributed by atoms with Gasteiger partial charge in [0.2, 0.25) is 0 Å². The third-order valence-corrected chi connectivity index (χ3v) is 6.63. The van der Waals surface area contributed by atoms with E-state index in [0.29, 0.717) is 24.6 Å². The summed E-state index contributed by atoms with van der Waals surface area (Å²) in [5.41, 5.74) is -1.44. The third kappa shape index (κ3) is 6.26. The fourth-order valence-electron chi connectivity index (χ4n) is 3.21. The van der Waals surface area contributed by atoms with E-state index in [2.05, 4.69) is 15.0 Å². The van der Waals surface area contributed by atoms with Gasteiger partial charge in [-0.3, -0.25) is 9.52 Å². The molecule has 0 radical (unpaired) electrons. The van der Waals surface area contributed by atoms with Gasteiger partial charge >= 0.3 is 12.1 Å². The number of hydrogen-bond acceptors (Lipinski definition) is 8. The van der Waals surface area contributed by atoms with Crippen molar-refractivity contribution in [1.29, 1.82) is 0 Å². The fraction of sp³-hybridized carbons (Fsp3) is 0.174. The normalized spacial score (nSPS) is 12.9. The minimum atomic E-state index is -4.67. The third-order valence-electron chi connectivity index (χ3n) is 4.98. The van der Waals surface area contributed by atoms with E-state index in [9.17, 15) is 31.2 Å². The second kappa shape index (κ2) is 10.8. The highest BCUT2D eigenvalue weighted by Gasteiger charge is 2.32. The van der Waals surface area contributed by atoms with Crippen LogP contribution in [0.25, 0.3) is 0 Å². The predicted octanol–water partition coefficient (Wildman–Crippen LogP) is 4.12. The summed E-state index contributed by atoms with van der Waals surface area (Å²) in [6.45, 7) is -0.271. The molecule has 0 bridgehead atoms. The Kier molecular flexibility index (Phi) is 7.64. The summed E-state index contributed by atoms with van der Waals surface area (Å²) in [7, 11) is -4.17. The Labute approximate surface area is 218 Å². The van der Waals surface area contributed by atoms with Crippen LogP contribution < -0.4 is 19.5 Å². The number of anilines is 2. The molecule has 38 heavy (non-hydrogen) atoms. The predicted molar refractivity (Wildman–Crippen MR) is 128 cm³/mol. The van der Waals surface area contributed by atoms with Crippen LogP contribution in [-0.4, -0.2) is 45.1 Å². The van der Waals surface area contributed by atoms with E-state index in [1.165, 1.54) is 42.5 Å². The van der Waals surface area contributed by atoms with Gasteiger partial charge in [0.25, 0.3) is 15.9 Å². The molecule has 0 unspecified atom stereocenters. The van der Waals surface area contributed by atoms with Crippen molar-refractivity contribution in [2.24, 2.45) is 0 Å². The first-order chi connectivity index (χ1) is 17.9. The van der Waals surface area contributed by atoms with E-state index < -0.39 is 45.3 Å². The molecule has 0 spiro atoms. The number of benzene rings is 2. The van der Waals surface area contributed by atoms with Gasteiger partial charge in [0.05, 0.1) is 26.7 Å². The Balaban J connectivity index is 1.42. The van der Waals surface area contributed by atoms with Crippen molar-refractivity contribution in [3.63, 3.8) is 0 Å². The topological polar surface area (TPSA) is 133 Å². The molecule has 0 aliphatic carbocycles. The average molecular weight is 572 g/mol. The molecule has 3 aromatic rings. The smallest absolute Gasteiger partial charge is 0.417 e. The lowest BCUT2D eigenvalue weighted by Gasteiger charge is -2.19. The first-order valence-corrected chi connectivity index (χ1v) is 12.5. The van der Waals surface area contributed by atoms with Crippen molar-refractivity contribution in [2.45, 2.75) is 11.1 Å². The van der Waals surface area contributed by atoms with E-state index in [4.69, 9.17) is 25.8 Å². The Morgan fingerprint density at radius 1 is 1.05 bits per heavy atom. The number of carbonyl (C=O) groups excluding carboxylic acids is 2. The molecule has 1 aliphatic heterocycles. The zero-order valence-electron chi connectivity index (χ0n) is 19.0. The van der Waals surface area contributed by atoms with Crippen LogP contribution in [0.5, 0.6) is 11.5 Å². The molecule has 1 aliphatic rings. The number of ether oxygens (including phenoxy) is 3. The molecule has 10 nitrogen and oxygen atoms in total. The van der Waals surface area contributed by atoms with E-state index in [0.717, 1.165) is 0 Å². The molecule has 15 heteroatoms. The van der Waals surface area contributed by atoms with Gasteiger partial charge < -0.3 is 19.5 Å². The van der Waals surface area contributed by atoms with Crippen molar-refractivity contribution in [3.8, 4) is 11.5 Å². The number of sulfonamides is 1. The van der Waals surface area contributed by atoms with Crippen LogP contribution in [0.4, 0.5) is 24.7 Å². The Morgan fingerprint density at radius 3 is 2.47 bits per heavy atom. The van der Waals surface area contributed by atoms with Crippen molar-refractivity contribution in [1.82, 2.24) is 4.98 Å². The number of halogens is 4. The van der Waals surface area contributed by atoms with Gasteiger partial charge in [-0.25, -0.2) is 18.2 Å². The average Bonchev–Trinajstić information content (AvgIpc) is 2.87. The summed E-state index contributed by atoms with van der Waals surface area (Å²) >= 11 is 5.75. The van der Waals surface area contributed by atoms with Gasteiger partial charge in [-0.2, -0.15) is 13.2 Å². The molecule has 0 atom stereocenters. The number of hydrogen-bond donors (Lipinski definition) is 2. The van der Waals surface area contributed by atoms with Gasteiger partial charge in [0.1, 0.15) is 13.2 Å². The maximum Gasteiger partial charge on any atom is 0.417 e. The highest BCUT2D eigenvalue weighted by atomic mass is 35.5. The number of rotatable bonds is 7. The van der Waals surface area contributed by atoms with Crippen LogP contribution in [0.3, 0.4) is 0 Å². The molecule has 0 saturated carbocycles. The molecular formula is C23H17ClF3N3O7S. The lowest BCUT2D eigenvalue weighted by molar-refractivity contribution is -0.137. The number of esters is 1. The molecule has 0 fully saturated rings. The molecular weight excluding hydrogens is 555 g/mol. The van der Waals surface area contributed by atoms with Gasteiger partial charge in [-0.15, -0.1) is 0 Å². The Bertz CT molecular complexity index is 1500. The number of nitrogens with one attached hydrogen (secondary N) is 2. The van der Waals surface area contributed by atoms with Crippen molar-refractivity contribution >= 4 is 45.0 Å². The number of pyridine rings is 1. The molecule has 1 aromatic heterocycles. The maximum absolute atomic E-state index is 12.9. The monoisotopic (exact) mass is 571 g/mol. The largest absolute Gasteiger partial charge is 0.486 e. The van der Waals surface area contributed by atoms with Crippen LogP contribution in [0, 0.1) is 0 Å². The highest BCUT2D eigenvalue weighted by molar-refractivity contribution is 7.92. The second-order valence-corrected chi connectivity index (χ2v) is 9.72. The van der Waals surface area contributed by atoms with Crippen LogP contribution >= 0.6 is 11.6 Å². The molecule has 200 valence electrons. The van der Waals surface area contributed by atoms with Gasteiger partial charge in [0, 0.05) is 12.3 Å². The summed E-state index contributed by atoms with van der Waals surface area (Å²) in [4.78, 5) is 28.1. The second-order valence-electron chi connectivity index (χ2n) is 7.63. The van der Waals surface area contributed by atoms with Crippen LogP contribution in [-0.2, 0) is 25.7 Å². The minimum Gasteiger partial charge on any atom is -0.486 e. The fourth-order valence-corrected chi connectivity index (χ4v) is 4.51. The summed E-state index contributed by atoms with van der Waals surface area (Å²) in [5, 5.41) is 1.66.